The zero-order valence-electron chi connectivity index (χ0n) is 12.4. The summed E-state index contributed by atoms with van der Waals surface area (Å²) in [4.78, 5) is 14.6. The second-order valence-electron chi connectivity index (χ2n) is 5.30. The molecular formula is C15H23N5O. The number of hydrogen-bond donors (Lipinski definition) is 4. The molecule has 0 bridgehead atoms. The van der Waals surface area contributed by atoms with Crippen molar-refractivity contribution < 1.29 is 4.79 Å². The lowest BCUT2D eigenvalue weighted by Gasteiger charge is -2.31. The molecule has 6 heteroatoms. The average molecular weight is 289 g/mol. The second kappa shape index (κ2) is 7.08. The van der Waals surface area contributed by atoms with Crippen LogP contribution in [-0.4, -0.2) is 42.4 Å². The first kappa shape index (κ1) is 15.3. The van der Waals surface area contributed by atoms with Gasteiger partial charge in [-0.15, -0.1) is 0 Å². The number of piperidine rings is 1. The number of carbonyl (C=O) groups excluding carboxylic acids is 1. The van der Waals surface area contributed by atoms with E-state index in [-0.39, 0.29) is 17.9 Å². The van der Waals surface area contributed by atoms with Gasteiger partial charge in [0.2, 0.25) is 0 Å². The fourth-order valence-electron chi connectivity index (χ4n) is 2.52. The number of benzene rings is 1. The molecule has 1 aromatic rings. The Morgan fingerprint density at radius 3 is 2.48 bits per heavy atom. The SMILES string of the molecule is CCN1CCC(NC(=O)c2ccc(NC(=N)N)cc2)CC1. The molecule has 0 saturated carbocycles. The summed E-state index contributed by atoms with van der Waals surface area (Å²) in [5, 5.41) is 12.9. The summed E-state index contributed by atoms with van der Waals surface area (Å²) in [5.74, 6) is -0.158. The van der Waals surface area contributed by atoms with Crippen molar-refractivity contribution >= 4 is 17.6 Å². The summed E-state index contributed by atoms with van der Waals surface area (Å²) in [6, 6.07) is 7.23. The largest absolute Gasteiger partial charge is 0.370 e. The number of guanidine groups is 1. The van der Waals surface area contributed by atoms with Crippen LogP contribution in [0.25, 0.3) is 0 Å². The van der Waals surface area contributed by atoms with E-state index < -0.39 is 0 Å². The Kier molecular flexibility index (Phi) is 5.16. The summed E-state index contributed by atoms with van der Waals surface area (Å²) in [6.07, 6.45) is 2.01. The van der Waals surface area contributed by atoms with Crippen LogP contribution in [0, 0.1) is 5.41 Å². The van der Waals surface area contributed by atoms with Gasteiger partial charge >= 0.3 is 0 Å². The van der Waals surface area contributed by atoms with Crippen molar-refractivity contribution in [2.75, 3.05) is 25.0 Å². The highest BCUT2D eigenvalue weighted by Gasteiger charge is 2.20. The van der Waals surface area contributed by atoms with Crippen LogP contribution in [-0.2, 0) is 0 Å². The van der Waals surface area contributed by atoms with Crippen LogP contribution in [0.1, 0.15) is 30.1 Å². The number of nitrogens with two attached hydrogens (primary N) is 1. The standard InChI is InChI=1S/C15H23N5O/c1-2-20-9-7-13(8-10-20)18-14(21)11-3-5-12(6-4-11)19-15(16)17/h3-6,13H,2,7-10H2,1H3,(H,18,21)(H4,16,17,19). The maximum absolute atomic E-state index is 12.2. The van der Waals surface area contributed by atoms with Crippen LogP contribution in [0.15, 0.2) is 24.3 Å². The Bertz CT molecular complexity index is 491. The van der Waals surface area contributed by atoms with Crippen molar-refractivity contribution in [3.8, 4) is 0 Å². The fraction of sp³-hybridized carbons (Fsp3) is 0.467. The number of likely N-dealkylation sites (tertiary alicyclic amines) is 1. The highest BCUT2D eigenvalue weighted by molar-refractivity contribution is 5.95. The molecule has 0 atom stereocenters. The predicted molar refractivity (Wildman–Crippen MR) is 84.6 cm³/mol. The molecule has 21 heavy (non-hydrogen) atoms. The van der Waals surface area contributed by atoms with E-state index in [2.05, 4.69) is 22.5 Å². The second-order valence-corrected chi connectivity index (χ2v) is 5.30. The van der Waals surface area contributed by atoms with Gasteiger partial charge in [0.15, 0.2) is 5.96 Å². The number of carbonyl (C=O) groups is 1. The van der Waals surface area contributed by atoms with Crippen molar-refractivity contribution in [2.24, 2.45) is 5.73 Å². The molecule has 1 aliphatic heterocycles. The lowest BCUT2D eigenvalue weighted by atomic mass is 10.0. The Morgan fingerprint density at radius 2 is 1.95 bits per heavy atom. The Hall–Kier alpha value is -2.08. The molecule has 5 N–H and O–H groups in total. The van der Waals surface area contributed by atoms with E-state index in [0.717, 1.165) is 32.5 Å². The maximum atomic E-state index is 12.2. The third-order valence-corrected chi connectivity index (χ3v) is 3.80. The van der Waals surface area contributed by atoms with E-state index in [1.165, 1.54) is 0 Å². The minimum Gasteiger partial charge on any atom is -0.370 e. The molecule has 1 aliphatic rings. The number of hydrogen-bond acceptors (Lipinski definition) is 3. The number of amides is 1. The Labute approximate surface area is 125 Å². The molecule has 1 amide bonds. The summed E-state index contributed by atoms with van der Waals surface area (Å²) < 4.78 is 0. The third-order valence-electron chi connectivity index (χ3n) is 3.80. The predicted octanol–water partition coefficient (Wildman–Crippen LogP) is 1.21. The summed E-state index contributed by atoms with van der Waals surface area (Å²) in [5.41, 5.74) is 6.59. The van der Waals surface area contributed by atoms with Gasteiger partial charge in [0.05, 0.1) is 0 Å². The van der Waals surface area contributed by atoms with E-state index in [0.29, 0.717) is 11.3 Å². The van der Waals surface area contributed by atoms with Crippen LogP contribution in [0.2, 0.25) is 0 Å². The van der Waals surface area contributed by atoms with Crippen LogP contribution < -0.4 is 16.4 Å². The van der Waals surface area contributed by atoms with Gasteiger partial charge in [0, 0.05) is 30.4 Å². The number of nitrogens with one attached hydrogen (secondary N) is 3. The number of nitrogens with zero attached hydrogens (tertiary/aromatic N) is 1. The molecule has 2 rings (SSSR count). The topological polar surface area (TPSA) is 94.2 Å². The van der Waals surface area contributed by atoms with Crippen molar-refractivity contribution in [3.05, 3.63) is 29.8 Å². The molecule has 0 unspecified atom stereocenters. The minimum absolute atomic E-state index is 0.0423. The van der Waals surface area contributed by atoms with E-state index in [1.54, 1.807) is 24.3 Å². The molecule has 0 spiro atoms. The first-order chi connectivity index (χ1) is 10.1. The van der Waals surface area contributed by atoms with Crippen LogP contribution in [0.5, 0.6) is 0 Å². The van der Waals surface area contributed by atoms with Crippen molar-refractivity contribution in [1.29, 1.82) is 5.41 Å². The summed E-state index contributed by atoms with van der Waals surface area (Å²) in [7, 11) is 0. The van der Waals surface area contributed by atoms with Gasteiger partial charge in [0.1, 0.15) is 0 Å². The van der Waals surface area contributed by atoms with E-state index in [4.69, 9.17) is 11.1 Å². The lowest BCUT2D eigenvalue weighted by Crippen LogP contribution is -2.44. The maximum Gasteiger partial charge on any atom is 0.251 e. The normalized spacial score (nSPS) is 16.4. The van der Waals surface area contributed by atoms with Gasteiger partial charge in [-0.2, -0.15) is 0 Å². The Morgan fingerprint density at radius 1 is 1.33 bits per heavy atom. The van der Waals surface area contributed by atoms with Crippen molar-refractivity contribution in [3.63, 3.8) is 0 Å². The van der Waals surface area contributed by atoms with Crippen LogP contribution >= 0.6 is 0 Å². The zero-order chi connectivity index (χ0) is 15.2. The Balaban J connectivity index is 1.87. The first-order valence-electron chi connectivity index (χ1n) is 7.33. The molecule has 0 aliphatic carbocycles. The van der Waals surface area contributed by atoms with Crippen LogP contribution in [0.4, 0.5) is 5.69 Å². The molecule has 1 aromatic carbocycles. The van der Waals surface area contributed by atoms with Gasteiger partial charge in [0.25, 0.3) is 5.91 Å². The van der Waals surface area contributed by atoms with Gasteiger partial charge in [-0.25, -0.2) is 0 Å². The van der Waals surface area contributed by atoms with Gasteiger partial charge in [-0.05, 0) is 43.7 Å². The van der Waals surface area contributed by atoms with E-state index in [1.807, 2.05) is 0 Å². The quantitative estimate of drug-likeness (QED) is 0.495. The molecular weight excluding hydrogens is 266 g/mol. The monoisotopic (exact) mass is 289 g/mol. The molecule has 0 aromatic heterocycles. The first-order valence-corrected chi connectivity index (χ1v) is 7.33. The zero-order valence-corrected chi connectivity index (χ0v) is 12.4. The highest BCUT2D eigenvalue weighted by atomic mass is 16.1. The molecule has 1 saturated heterocycles. The minimum atomic E-state index is -0.116. The van der Waals surface area contributed by atoms with Crippen molar-refractivity contribution in [1.82, 2.24) is 10.2 Å². The highest BCUT2D eigenvalue weighted by Crippen LogP contribution is 2.12. The third kappa shape index (κ3) is 4.46. The summed E-state index contributed by atoms with van der Waals surface area (Å²) in [6.45, 7) is 5.33. The fourth-order valence-corrected chi connectivity index (χ4v) is 2.52. The van der Waals surface area contributed by atoms with Crippen LogP contribution in [0.3, 0.4) is 0 Å². The van der Waals surface area contributed by atoms with Gasteiger partial charge in [-0.3, -0.25) is 10.2 Å². The summed E-state index contributed by atoms with van der Waals surface area (Å²) >= 11 is 0. The van der Waals surface area contributed by atoms with E-state index in [9.17, 15) is 4.79 Å². The van der Waals surface area contributed by atoms with Gasteiger partial charge in [-0.1, -0.05) is 6.92 Å². The van der Waals surface area contributed by atoms with E-state index >= 15 is 0 Å². The molecule has 1 heterocycles. The van der Waals surface area contributed by atoms with Gasteiger partial charge < -0.3 is 21.3 Å². The number of anilines is 1. The molecule has 114 valence electrons. The lowest BCUT2D eigenvalue weighted by molar-refractivity contribution is 0.0912. The van der Waals surface area contributed by atoms with Crippen molar-refractivity contribution in [2.45, 2.75) is 25.8 Å². The molecule has 6 nitrogen and oxygen atoms in total. The smallest absolute Gasteiger partial charge is 0.251 e. The average Bonchev–Trinajstić information content (AvgIpc) is 2.48. The number of rotatable bonds is 4. The molecule has 0 radical (unpaired) electrons. The molecule has 1 fully saturated rings.